The van der Waals surface area contributed by atoms with Crippen molar-refractivity contribution < 1.29 is 9.18 Å². The molecule has 92 valence electrons. The second-order valence-corrected chi connectivity index (χ2v) is 4.82. The Morgan fingerprint density at radius 3 is 2.88 bits per heavy atom. The Morgan fingerprint density at radius 1 is 1.47 bits per heavy atom. The zero-order chi connectivity index (χ0) is 12.4. The van der Waals surface area contributed by atoms with E-state index in [1.165, 1.54) is 12.1 Å². The van der Waals surface area contributed by atoms with Crippen molar-refractivity contribution in [3.05, 3.63) is 29.8 Å². The molecule has 1 amide bonds. The van der Waals surface area contributed by atoms with Crippen molar-refractivity contribution >= 4 is 5.91 Å². The summed E-state index contributed by atoms with van der Waals surface area (Å²) in [6, 6.07) is 4.54. The molecule has 0 aliphatic carbocycles. The molecular weight excluding hydrogens is 219 g/mol. The lowest BCUT2D eigenvalue weighted by atomic mass is 9.93. The molecule has 3 nitrogen and oxygen atoms in total. The number of amides is 1. The van der Waals surface area contributed by atoms with Gasteiger partial charge >= 0.3 is 0 Å². The van der Waals surface area contributed by atoms with Crippen molar-refractivity contribution in [1.29, 1.82) is 0 Å². The summed E-state index contributed by atoms with van der Waals surface area (Å²) in [6.07, 6.45) is 2.01. The van der Waals surface area contributed by atoms with Crippen LogP contribution in [0.2, 0.25) is 0 Å². The lowest BCUT2D eigenvalue weighted by molar-refractivity contribution is 0.0581. The fraction of sp³-hybridized carbons (Fsp3) is 0.538. The summed E-state index contributed by atoms with van der Waals surface area (Å²) in [6.45, 7) is 4.96. The highest BCUT2D eigenvalue weighted by Crippen LogP contribution is 2.23. The first-order chi connectivity index (χ1) is 8.08. The van der Waals surface area contributed by atoms with Gasteiger partial charge in [-0.3, -0.25) is 4.79 Å². The third-order valence-corrected chi connectivity index (χ3v) is 3.33. The molecule has 1 fully saturated rings. The molecule has 1 aromatic heterocycles. The van der Waals surface area contributed by atoms with E-state index >= 15 is 0 Å². The van der Waals surface area contributed by atoms with E-state index in [1.807, 2.05) is 6.92 Å². The number of carbonyl (C=O) groups excluding carboxylic acids is 1. The Hall–Kier alpha value is -1.45. The molecule has 0 saturated carbocycles. The van der Waals surface area contributed by atoms with Gasteiger partial charge in [0.25, 0.3) is 5.91 Å². The zero-order valence-electron chi connectivity index (χ0n) is 10.2. The average Bonchev–Trinajstić information content (AvgIpc) is 2.28. The maximum Gasteiger partial charge on any atom is 0.272 e. The quantitative estimate of drug-likeness (QED) is 0.702. The highest BCUT2D eigenvalue weighted by molar-refractivity contribution is 5.92. The van der Waals surface area contributed by atoms with Crippen molar-refractivity contribution in [2.75, 3.05) is 6.54 Å². The van der Waals surface area contributed by atoms with Crippen molar-refractivity contribution in [3.8, 4) is 0 Å². The molecule has 1 aliphatic rings. The Balaban J connectivity index is 2.15. The first-order valence-electron chi connectivity index (χ1n) is 6.01. The molecule has 0 bridgehead atoms. The van der Waals surface area contributed by atoms with Gasteiger partial charge in [0, 0.05) is 12.6 Å². The fourth-order valence-corrected chi connectivity index (χ4v) is 2.38. The molecular formula is C13H17FN2O. The third kappa shape index (κ3) is 2.62. The monoisotopic (exact) mass is 236 g/mol. The van der Waals surface area contributed by atoms with E-state index < -0.39 is 5.95 Å². The number of hydrogen-bond acceptors (Lipinski definition) is 2. The summed E-state index contributed by atoms with van der Waals surface area (Å²) < 4.78 is 13.0. The van der Waals surface area contributed by atoms with E-state index in [9.17, 15) is 9.18 Å². The van der Waals surface area contributed by atoms with Gasteiger partial charge in [0.2, 0.25) is 5.95 Å². The number of piperidine rings is 1. The topological polar surface area (TPSA) is 33.2 Å². The van der Waals surface area contributed by atoms with Crippen molar-refractivity contribution in [3.63, 3.8) is 0 Å². The van der Waals surface area contributed by atoms with E-state index in [0.717, 1.165) is 19.4 Å². The molecule has 2 unspecified atom stereocenters. The summed E-state index contributed by atoms with van der Waals surface area (Å²) in [4.78, 5) is 17.6. The maximum absolute atomic E-state index is 13.0. The zero-order valence-corrected chi connectivity index (χ0v) is 10.2. The van der Waals surface area contributed by atoms with Gasteiger partial charge in [-0.05, 0) is 37.8 Å². The predicted octanol–water partition coefficient (Wildman–Crippen LogP) is 2.48. The number of pyridine rings is 1. The Morgan fingerprint density at radius 2 is 2.24 bits per heavy atom. The summed E-state index contributed by atoms with van der Waals surface area (Å²) >= 11 is 0. The van der Waals surface area contributed by atoms with Crippen molar-refractivity contribution in [2.45, 2.75) is 32.7 Å². The Labute approximate surface area is 101 Å². The van der Waals surface area contributed by atoms with E-state index in [4.69, 9.17) is 0 Å². The summed E-state index contributed by atoms with van der Waals surface area (Å²) in [5.74, 6) is -0.118. The first kappa shape index (κ1) is 12.0. The number of nitrogens with zero attached hydrogens (tertiary/aromatic N) is 2. The van der Waals surface area contributed by atoms with E-state index in [-0.39, 0.29) is 17.6 Å². The van der Waals surface area contributed by atoms with Gasteiger partial charge in [-0.2, -0.15) is 4.39 Å². The second-order valence-electron chi connectivity index (χ2n) is 4.82. The summed E-state index contributed by atoms with van der Waals surface area (Å²) in [7, 11) is 0. The van der Waals surface area contributed by atoms with E-state index in [1.54, 1.807) is 11.0 Å². The first-order valence-corrected chi connectivity index (χ1v) is 6.01. The lowest BCUT2D eigenvalue weighted by Crippen LogP contribution is -2.44. The highest BCUT2D eigenvalue weighted by Gasteiger charge is 2.28. The van der Waals surface area contributed by atoms with Gasteiger partial charge in [-0.1, -0.05) is 13.0 Å². The van der Waals surface area contributed by atoms with Gasteiger partial charge in [0.15, 0.2) is 0 Å². The predicted molar refractivity (Wildman–Crippen MR) is 63.1 cm³/mol. The molecule has 0 spiro atoms. The van der Waals surface area contributed by atoms with Crippen LogP contribution in [0.1, 0.15) is 37.2 Å². The number of hydrogen-bond donors (Lipinski definition) is 0. The number of rotatable bonds is 1. The minimum Gasteiger partial charge on any atom is -0.335 e. The number of carbonyl (C=O) groups is 1. The minimum atomic E-state index is -0.603. The SMILES string of the molecule is CC1CCN(C(=O)c2cccc(F)n2)C(C)C1. The Kier molecular flexibility index (Phi) is 3.41. The van der Waals surface area contributed by atoms with Crippen LogP contribution in [-0.2, 0) is 0 Å². The van der Waals surface area contributed by atoms with Crippen LogP contribution in [-0.4, -0.2) is 28.4 Å². The lowest BCUT2D eigenvalue weighted by Gasteiger charge is -2.36. The minimum absolute atomic E-state index is 0.163. The van der Waals surface area contributed by atoms with E-state index in [0.29, 0.717) is 5.92 Å². The molecule has 2 rings (SSSR count). The molecule has 4 heteroatoms. The standard InChI is InChI=1S/C13H17FN2O/c1-9-6-7-16(10(2)8-9)13(17)11-4-3-5-12(14)15-11/h3-5,9-10H,6-8H2,1-2H3. The van der Waals surface area contributed by atoms with Crippen molar-refractivity contribution in [2.24, 2.45) is 5.92 Å². The van der Waals surface area contributed by atoms with Crippen LogP contribution in [0.25, 0.3) is 0 Å². The van der Waals surface area contributed by atoms with Gasteiger partial charge in [0.05, 0.1) is 0 Å². The number of aromatic nitrogens is 1. The molecule has 1 aliphatic heterocycles. The normalized spacial score (nSPS) is 24.8. The molecule has 2 heterocycles. The molecule has 17 heavy (non-hydrogen) atoms. The van der Waals surface area contributed by atoms with E-state index in [2.05, 4.69) is 11.9 Å². The molecule has 0 aromatic carbocycles. The largest absolute Gasteiger partial charge is 0.335 e. The molecule has 1 aromatic rings. The molecule has 0 N–H and O–H groups in total. The van der Waals surface area contributed by atoms with Crippen LogP contribution in [0.15, 0.2) is 18.2 Å². The van der Waals surface area contributed by atoms with Crippen LogP contribution in [0.3, 0.4) is 0 Å². The Bertz CT molecular complexity index is 422. The average molecular weight is 236 g/mol. The van der Waals surface area contributed by atoms with Crippen LogP contribution in [0, 0.1) is 11.9 Å². The molecule has 1 saturated heterocycles. The maximum atomic E-state index is 13.0. The van der Waals surface area contributed by atoms with Crippen LogP contribution >= 0.6 is 0 Å². The summed E-state index contributed by atoms with van der Waals surface area (Å²) in [5.41, 5.74) is 0.200. The van der Waals surface area contributed by atoms with Gasteiger partial charge in [-0.15, -0.1) is 0 Å². The summed E-state index contributed by atoms with van der Waals surface area (Å²) in [5, 5.41) is 0. The third-order valence-electron chi connectivity index (χ3n) is 3.33. The number of likely N-dealkylation sites (tertiary alicyclic amines) is 1. The van der Waals surface area contributed by atoms with Crippen LogP contribution < -0.4 is 0 Å². The molecule has 2 atom stereocenters. The van der Waals surface area contributed by atoms with Gasteiger partial charge in [-0.25, -0.2) is 4.98 Å². The van der Waals surface area contributed by atoms with Crippen LogP contribution in [0.4, 0.5) is 4.39 Å². The molecule has 0 radical (unpaired) electrons. The number of halogens is 1. The van der Waals surface area contributed by atoms with Crippen molar-refractivity contribution in [1.82, 2.24) is 9.88 Å². The van der Waals surface area contributed by atoms with Crippen LogP contribution in [0.5, 0.6) is 0 Å². The van der Waals surface area contributed by atoms with Gasteiger partial charge < -0.3 is 4.90 Å². The van der Waals surface area contributed by atoms with Gasteiger partial charge in [0.1, 0.15) is 5.69 Å². The highest BCUT2D eigenvalue weighted by atomic mass is 19.1. The smallest absolute Gasteiger partial charge is 0.272 e. The fourth-order valence-electron chi connectivity index (χ4n) is 2.38. The second kappa shape index (κ2) is 4.82.